The first-order valence-corrected chi connectivity index (χ1v) is 12.7. The van der Waals surface area contributed by atoms with E-state index in [4.69, 9.17) is 19.6 Å². The van der Waals surface area contributed by atoms with Crippen LogP contribution in [-0.4, -0.2) is 42.2 Å². The second-order valence-corrected chi connectivity index (χ2v) is 9.52. The number of carbonyl (C=O) groups excluding carboxylic acids is 1. The molecule has 1 amide bonds. The van der Waals surface area contributed by atoms with Gasteiger partial charge in [-0.25, -0.2) is 4.99 Å². The van der Waals surface area contributed by atoms with Crippen LogP contribution in [0.25, 0.3) is 0 Å². The zero-order valence-corrected chi connectivity index (χ0v) is 20.3. The Bertz CT molecular complexity index is 1180. The quantitative estimate of drug-likeness (QED) is 0.394. The van der Waals surface area contributed by atoms with E-state index >= 15 is 0 Å². The summed E-state index contributed by atoms with van der Waals surface area (Å²) in [6, 6.07) is 27.4. The molecule has 0 bridgehead atoms. The summed E-state index contributed by atoms with van der Waals surface area (Å²) in [6.45, 7) is 1.21. The van der Waals surface area contributed by atoms with Gasteiger partial charge in [0.15, 0.2) is 11.6 Å². The SMILES string of the molecule is O=C(NCC1CC1)[C@]1(Cc2ccccc2)N=C(c2ccc(OCCCO)cc2)O[C@@H]1c1ccccc1. The Kier molecular flexibility index (Phi) is 7.33. The Balaban J connectivity index is 1.51. The molecule has 1 fully saturated rings. The van der Waals surface area contributed by atoms with Crippen LogP contribution < -0.4 is 10.1 Å². The highest BCUT2D eigenvalue weighted by molar-refractivity contribution is 6.01. The van der Waals surface area contributed by atoms with Crippen LogP contribution in [0, 0.1) is 5.92 Å². The summed E-state index contributed by atoms with van der Waals surface area (Å²) in [5, 5.41) is 12.2. The van der Waals surface area contributed by atoms with Gasteiger partial charge in [-0.1, -0.05) is 60.7 Å². The van der Waals surface area contributed by atoms with Gasteiger partial charge in [-0.15, -0.1) is 0 Å². The number of aliphatic hydroxyl groups is 1. The van der Waals surface area contributed by atoms with E-state index in [1.54, 1.807) is 0 Å². The molecule has 3 aromatic rings. The van der Waals surface area contributed by atoms with Crippen LogP contribution >= 0.6 is 0 Å². The summed E-state index contributed by atoms with van der Waals surface area (Å²) < 4.78 is 12.2. The third kappa shape index (κ3) is 5.44. The molecule has 3 aromatic carbocycles. The van der Waals surface area contributed by atoms with Crippen LogP contribution in [0.1, 0.15) is 42.1 Å². The number of hydrogen-bond donors (Lipinski definition) is 2. The number of hydrogen-bond acceptors (Lipinski definition) is 5. The van der Waals surface area contributed by atoms with Gasteiger partial charge in [-0.3, -0.25) is 4.79 Å². The topological polar surface area (TPSA) is 80.2 Å². The highest BCUT2D eigenvalue weighted by Crippen LogP contribution is 2.42. The number of benzene rings is 3. The van der Waals surface area contributed by atoms with E-state index in [0.29, 0.717) is 43.6 Å². The number of carbonyl (C=O) groups is 1. The fraction of sp³-hybridized carbons (Fsp3) is 0.333. The maximum Gasteiger partial charge on any atom is 0.252 e. The van der Waals surface area contributed by atoms with Gasteiger partial charge in [-0.2, -0.15) is 0 Å². The van der Waals surface area contributed by atoms with E-state index < -0.39 is 11.6 Å². The van der Waals surface area contributed by atoms with Crippen LogP contribution in [0.2, 0.25) is 0 Å². The highest BCUT2D eigenvalue weighted by atomic mass is 16.5. The van der Waals surface area contributed by atoms with Gasteiger partial charge in [-0.05, 0) is 54.2 Å². The molecule has 0 aromatic heterocycles. The maximum absolute atomic E-state index is 13.9. The standard InChI is InChI=1S/C30H32N2O4/c33-18-7-19-35-26-16-14-25(15-17-26)28-32-30(20-22-8-3-1-4-9-22,29(34)31-21-23-12-13-23)27(36-28)24-10-5-2-6-11-24/h1-6,8-11,14-17,23,27,33H,7,12-13,18-21H2,(H,31,34)/t27-,30-/m1/s1. The largest absolute Gasteiger partial charge is 0.494 e. The molecule has 1 aliphatic carbocycles. The normalized spacial score (nSPS) is 20.9. The monoisotopic (exact) mass is 484 g/mol. The molecule has 5 rings (SSSR count). The minimum Gasteiger partial charge on any atom is -0.494 e. The molecular formula is C30H32N2O4. The van der Waals surface area contributed by atoms with Gasteiger partial charge in [0.2, 0.25) is 5.90 Å². The van der Waals surface area contributed by atoms with Gasteiger partial charge in [0.05, 0.1) is 6.61 Å². The van der Waals surface area contributed by atoms with Crippen molar-refractivity contribution in [2.45, 2.75) is 37.3 Å². The molecule has 6 nitrogen and oxygen atoms in total. The third-order valence-corrected chi connectivity index (χ3v) is 6.70. The van der Waals surface area contributed by atoms with Gasteiger partial charge < -0.3 is 19.9 Å². The molecule has 6 heteroatoms. The predicted molar refractivity (Wildman–Crippen MR) is 139 cm³/mol. The molecule has 0 saturated heterocycles. The Labute approximate surface area is 212 Å². The van der Waals surface area contributed by atoms with Crippen LogP contribution in [0.4, 0.5) is 0 Å². The molecule has 2 N–H and O–H groups in total. The summed E-state index contributed by atoms with van der Waals surface area (Å²) in [5.74, 6) is 1.61. The smallest absolute Gasteiger partial charge is 0.252 e. The van der Waals surface area contributed by atoms with Crippen LogP contribution in [0.15, 0.2) is 89.9 Å². The molecule has 2 atom stereocenters. The Morgan fingerprint density at radius 2 is 1.69 bits per heavy atom. The van der Waals surface area contributed by atoms with Crippen molar-refractivity contribution >= 4 is 11.8 Å². The lowest BCUT2D eigenvalue weighted by Crippen LogP contribution is -2.50. The van der Waals surface area contributed by atoms with Crippen molar-refractivity contribution in [3.63, 3.8) is 0 Å². The summed E-state index contributed by atoms with van der Waals surface area (Å²) in [5.41, 5.74) is 1.60. The number of ether oxygens (including phenoxy) is 2. The van der Waals surface area contributed by atoms with Crippen molar-refractivity contribution in [3.05, 3.63) is 102 Å². The molecular weight excluding hydrogens is 452 g/mol. The van der Waals surface area contributed by atoms with E-state index in [9.17, 15) is 4.79 Å². The predicted octanol–water partition coefficient (Wildman–Crippen LogP) is 4.47. The van der Waals surface area contributed by atoms with Crippen LogP contribution in [-0.2, 0) is 16.0 Å². The number of nitrogens with zero attached hydrogens (tertiary/aromatic N) is 1. The van der Waals surface area contributed by atoms with Gasteiger partial charge in [0, 0.05) is 31.6 Å². The molecule has 1 aliphatic heterocycles. The Hall–Kier alpha value is -3.64. The summed E-state index contributed by atoms with van der Waals surface area (Å²) in [6.07, 6.45) is 2.76. The summed E-state index contributed by atoms with van der Waals surface area (Å²) in [7, 11) is 0. The average molecular weight is 485 g/mol. The third-order valence-electron chi connectivity index (χ3n) is 6.70. The lowest BCUT2D eigenvalue weighted by Gasteiger charge is -2.31. The van der Waals surface area contributed by atoms with E-state index in [-0.39, 0.29) is 12.5 Å². The first kappa shape index (κ1) is 24.1. The molecule has 2 aliphatic rings. The van der Waals surface area contributed by atoms with Gasteiger partial charge in [0.1, 0.15) is 5.75 Å². The maximum atomic E-state index is 13.9. The zero-order valence-electron chi connectivity index (χ0n) is 20.3. The van der Waals surface area contributed by atoms with E-state index in [2.05, 4.69) is 5.32 Å². The summed E-state index contributed by atoms with van der Waals surface area (Å²) >= 11 is 0. The van der Waals surface area contributed by atoms with Gasteiger partial charge in [0.25, 0.3) is 5.91 Å². The van der Waals surface area contributed by atoms with E-state index in [1.807, 2.05) is 84.9 Å². The number of aliphatic imine (C=N–C) groups is 1. The fourth-order valence-corrected chi connectivity index (χ4v) is 4.53. The first-order valence-electron chi connectivity index (χ1n) is 12.7. The van der Waals surface area contributed by atoms with Crippen LogP contribution in [0.3, 0.4) is 0 Å². The zero-order chi connectivity index (χ0) is 24.8. The lowest BCUT2D eigenvalue weighted by atomic mass is 9.82. The molecule has 0 unspecified atom stereocenters. The van der Waals surface area contributed by atoms with E-state index in [0.717, 1.165) is 29.5 Å². The van der Waals surface area contributed by atoms with Crippen molar-refractivity contribution in [1.29, 1.82) is 0 Å². The average Bonchev–Trinajstić information content (AvgIpc) is 3.68. The van der Waals surface area contributed by atoms with Gasteiger partial charge >= 0.3 is 0 Å². The molecule has 36 heavy (non-hydrogen) atoms. The molecule has 1 heterocycles. The van der Waals surface area contributed by atoms with Crippen molar-refractivity contribution < 1.29 is 19.4 Å². The minimum absolute atomic E-state index is 0.0932. The van der Waals surface area contributed by atoms with Crippen molar-refractivity contribution in [1.82, 2.24) is 5.32 Å². The Morgan fingerprint density at radius 1 is 1.00 bits per heavy atom. The Morgan fingerprint density at radius 3 is 2.36 bits per heavy atom. The van der Waals surface area contributed by atoms with Crippen molar-refractivity contribution in [2.24, 2.45) is 10.9 Å². The number of rotatable bonds is 11. The molecule has 1 saturated carbocycles. The second kappa shape index (κ2) is 11.0. The fourth-order valence-electron chi connectivity index (χ4n) is 4.53. The van der Waals surface area contributed by atoms with Crippen molar-refractivity contribution in [2.75, 3.05) is 19.8 Å². The second-order valence-electron chi connectivity index (χ2n) is 9.52. The lowest BCUT2D eigenvalue weighted by molar-refractivity contribution is -0.129. The first-order chi connectivity index (χ1) is 17.7. The van der Waals surface area contributed by atoms with Crippen LogP contribution in [0.5, 0.6) is 5.75 Å². The number of nitrogens with one attached hydrogen (secondary N) is 1. The number of aliphatic hydroxyl groups excluding tert-OH is 1. The van der Waals surface area contributed by atoms with E-state index in [1.165, 1.54) is 0 Å². The summed E-state index contributed by atoms with van der Waals surface area (Å²) in [4.78, 5) is 19.0. The molecule has 186 valence electrons. The molecule has 0 spiro atoms. The number of amides is 1. The highest BCUT2D eigenvalue weighted by Gasteiger charge is 2.53. The minimum atomic E-state index is -1.14. The molecule has 0 radical (unpaired) electrons. The van der Waals surface area contributed by atoms with Crippen molar-refractivity contribution in [3.8, 4) is 5.75 Å².